The van der Waals surface area contributed by atoms with E-state index in [4.69, 9.17) is 4.74 Å². The minimum atomic E-state index is 0.158. The van der Waals surface area contributed by atoms with E-state index in [9.17, 15) is 0 Å². The molecule has 0 bridgehead atoms. The van der Waals surface area contributed by atoms with Crippen LogP contribution in [0.5, 0.6) is 0 Å². The number of hydrogen-bond acceptors (Lipinski definition) is 5. The fraction of sp³-hybridized carbons (Fsp3) is 0.333. The van der Waals surface area contributed by atoms with Gasteiger partial charge >= 0.3 is 0 Å². The molecule has 1 fully saturated rings. The second kappa shape index (κ2) is 4.81. The molecule has 3 heterocycles. The van der Waals surface area contributed by atoms with Crippen LogP contribution >= 0.6 is 11.3 Å². The topological polar surface area (TPSA) is 38.2 Å². The van der Waals surface area contributed by atoms with Crippen LogP contribution in [0.1, 0.15) is 11.0 Å². The molecule has 1 aliphatic heterocycles. The highest BCUT2D eigenvalue weighted by molar-refractivity contribution is 7.10. The van der Waals surface area contributed by atoms with Crippen LogP contribution < -0.4 is 4.90 Å². The van der Waals surface area contributed by atoms with Gasteiger partial charge in [-0.25, -0.2) is 4.98 Å². The summed E-state index contributed by atoms with van der Waals surface area (Å²) in [5.41, 5.74) is 0. The van der Waals surface area contributed by atoms with Crippen LogP contribution in [0.15, 0.2) is 36.1 Å². The molecule has 0 radical (unpaired) electrons. The van der Waals surface area contributed by atoms with Crippen molar-refractivity contribution in [3.63, 3.8) is 0 Å². The fourth-order valence-corrected chi connectivity index (χ4v) is 2.72. The summed E-state index contributed by atoms with van der Waals surface area (Å²) in [6, 6.07) is 4.18. The van der Waals surface area contributed by atoms with Gasteiger partial charge < -0.3 is 9.64 Å². The van der Waals surface area contributed by atoms with Crippen LogP contribution in [0.4, 0.5) is 5.82 Å². The van der Waals surface area contributed by atoms with Crippen molar-refractivity contribution in [2.45, 2.75) is 6.10 Å². The van der Waals surface area contributed by atoms with Crippen molar-refractivity contribution in [2.75, 3.05) is 24.6 Å². The molecular weight excluding hydrogens is 234 g/mol. The molecule has 0 N–H and O–H groups in total. The molecular formula is C12H13N3OS. The van der Waals surface area contributed by atoms with Gasteiger partial charge in [0.2, 0.25) is 0 Å². The molecule has 2 aromatic rings. The SMILES string of the molecule is c1csc(C2CN(c3cnccn3)CCO2)c1. The minimum absolute atomic E-state index is 0.158. The Bertz CT molecular complexity index is 460. The van der Waals surface area contributed by atoms with Gasteiger partial charge in [-0.2, -0.15) is 0 Å². The normalized spacial score (nSPS) is 20.5. The van der Waals surface area contributed by atoms with Gasteiger partial charge in [0.05, 0.1) is 19.3 Å². The van der Waals surface area contributed by atoms with Crippen molar-refractivity contribution < 1.29 is 4.74 Å². The predicted octanol–water partition coefficient (Wildman–Crippen LogP) is 2.12. The second-order valence-electron chi connectivity index (χ2n) is 3.88. The molecule has 1 saturated heterocycles. The van der Waals surface area contributed by atoms with Crippen molar-refractivity contribution in [3.05, 3.63) is 41.0 Å². The maximum Gasteiger partial charge on any atom is 0.147 e. The molecule has 88 valence electrons. The van der Waals surface area contributed by atoms with Gasteiger partial charge in [0.25, 0.3) is 0 Å². The van der Waals surface area contributed by atoms with Crippen molar-refractivity contribution in [1.29, 1.82) is 0 Å². The fourth-order valence-electron chi connectivity index (χ4n) is 1.96. The Morgan fingerprint density at radius 3 is 3.18 bits per heavy atom. The van der Waals surface area contributed by atoms with E-state index in [-0.39, 0.29) is 6.10 Å². The highest BCUT2D eigenvalue weighted by Gasteiger charge is 2.23. The Kier molecular flexibility index (Phi) is 3.02. The van der Waals surface area contributed by atoms with Gasteiger partial charge in [-0.05, 0) is 11.4 Å². The van der Waals surface area contributed by atoms with Crippen molar-refractivity contribution in [2.24, 2.45) is 0 Å². The summed E-state index contributed by atoms with van der Waals surface area (Å²) in [5.74, 6) is 0.928. The molecule has 1 atom stereocenters. The number of morpholine rings is 1. The van der Waals surface area contributed by atoms with E-state index in [0.717, 1.165) is 25.5 Å². The number of aromatic nitrogens is 2. The Morgan fingerprint density at radius 2 is 2.41 bits per heavy atom. The van der Waals surface area contributed by atoms with Gasteiger partial charge in [-0.3, -0.25) is 4.98 Å². The third-order valence-corrected chi connectivity index (χ3v) is 3.76. The lowest BCUT2D eigenvalue weighted by Gasteiger charge is -2.33. The summed E-state index contributed by atoms with van der Waals surface area (Å²) in [6.45, 7) is 2.46. The van der Waals surface area contributed by atoms with E-state index in [0.29, 0.717) is 0 Å². The summed E-state index contributed by atoms with van der Waals surface area (Å²) < 4.78 is 5.79. The molecule has 17 heavy (non-hydrogen) atoms. The Balaban J connectivity index is 1.76. The molecule has 4 nitrogen and oxygen atoms in total. The Labute approximate surface area is 104 Å². The zero-order chi connectivity index (χ0) is 11.5. The van der Waals surface area contributed by atoms with Gasteiger partial charge in [-0.15, -0.1) is 11.3 Å². The van der Waals surface area contributed by atoms with Crippen molar-refractivity contribution >= 4 is 17.2 Å². The standard InChI is InChI=1S/C12H13N3OS/c1-2-11(17-7-1)10-9-15(5-6-16-10)12-8-13-3-4-14-12/h1-4,7-8,10H,5-6,9H2. The number of ether oxygens (including phenoxy) is 1. The molecule has 2 aromatic heterocycles. The van der Waals surface area contributed by atoms with E-state index in [2.05, 4.69) is 32.4 Å². The monoisotopic (exact) mass is 247 g/mol. The van der Waals surface area contributed by atoms with E-state index >= 15 is 0 Å². The summed E-state index contributed by atoms with van der Waals surface area (Å²) in [6.07, 6.45) is 5.38. The summed E-state index contributed by atoms with van der Waals surface area (Å²) in [4.78, 5) is 11.9. The highest BCUT2D eigenvalue weighted by Crippen LogP contribution is 2.27. The van der Waals surface area contributed by atoms with Gasteiger partial charge in [0.1, 0.15) is 11.9 Å². The average Bonchev–Trinajstić information content (AvgIpc) is 2.94. The van der Waals surface area contributed by atoms with E-state index < -0.39 is 0 Å². The van der Waals surface area contributed by atoms with E-state index in [1.54, 1.807) is 29.9 Å². The van der Waals surface area contributed by atoms with Crippen molar-refractivity contribution in [1.82, 2.24) is 9.97 Å². The van der Waals surface area contributed by atoms with Crippen molar-refractivity contribution in [3.8, 4) is 0 Å². The maximum absolute atomic E-state index is 5.79. The highest BCUT2D eigenvalue weighted by atomic mass is 32.1. The minimum Gasteiger partial charge on any atom is -0.369 e. The number of anilines is 1. The lowest BCUT2D eigenvalue weighted by atomic mass is 10.2. The van der Waals surface area contributed by atoms with E-state index in [1.807, 2.05) is 0 Å². The lowest BCUT2D eigenvalue weighted by molar-refractivity contribution is 0.0418. The Hall–Kier alpha value is -1.46. The second-order valence-corrected chi connectivity index (χ2v) is 4.86. The maximum atomic E-state index is 5.79. The summed E-state index contributed by atoms with van der Waals surface area (Å²) >= 11 is 1.74. The van der Waals surface area contributed by atoms with Crippen LogP contribution in [0.2, 0.25) is 0 Å². The molecule has 1 aliphatic rings. The van der Waals surface area contributed by atoms with Gasteiger partial charge in [-0.1, -0.05) is 6.07 Å². The quantitative estimate of drug-likeness (QED) is 0.814. The average molecular weight is 247 g/mol. The first-order valence-corrected chi connectivity index (χ1v) is 6.47. The summed E-state index contributed by atoms with van der Waals surface area (Å²) in [5, 5.41) is 2.08. The first-order valence-electron chi connectivity index (χ1n) is 5.59. The number of thiophene rings is 1. The molecule has 0 aliphatic carbocycles. The Morgan fingerprint density at radius 1 is 1.41 bits per heavy atom. The third-order valence-electron chi connectivity index (χ3n) is 2.80. The van der Waals surface area contributed by atoms with Crippen LogP contribution in [-0.4, -0.2) is 29.7 Å². The molecule has 0 saturated carbocycles. The smallest absolute Gasteiger partial charge is 0.147 e. The molecule has 1 unspecified atom stereocenters. The molecule has 3 rings (SSSR count). The van der Waals surface area contributed by atoms with Gasteiger partial charge in [0.15, 0.2) is 0 Å². The first-order chi connectivity index (χ1) is 8.43. The summed E-state index contributed by atoms with van der Waals surface area (Å²) in [7, 11) is 0. The molecule has 0 spiro atoms. The molecule has 5 heteroatoms. The van der Waals surface area contributed by atoms with E-state index in [1.165, 1.54) is 4.88 Å². The van der Waals surface area contributed by atoms with Crippen LogP contribution in [0, 0.1) is 0 Å². The number of rotatable bonds is 2. The number of hydrogen-bond donors (Lipinski definition) is 0. The zero-order valence-corrected chi connectivity index (χ0v) is 10.1. The number of nitrogens with zero attached hydrogens (tertiary/aromatic N) is 3. The predicted molar refractivity (Wildman–Crippen MR) is 67.3 cm³/mol. The zero-order valence-electron chi connectivity index (χ0n) is 9.32. The largest absolute Gasteiger partial charge is 0.369 e. The van der Waals surface area contributed by atoms with Gasteiger partial charge in [0, 0.05) is 23.8 Å². The third kappa shape index (κ3) is 2.30. The lowest BCUT2D eigenvalue weighted by Crippen LogP contribution is -2.38. The molecule has 0 amide bonds. The van der Waals surface area contributed by atoms with Crippen LogP contribution in [0.3, 0.4) is 0 Å². The molecule has 0 aromatic carbocycles. The van der Waals surface area contributed by atoms with Crippen LogP contribution in [0.25, 0.3) is 0 Å². The first kappa shape index (κ1) is 10.7. The van der Waals surface area contributed by atoms with Crippen LogP contribution in [-0.2, 0) is 4.74 Å².